The lowest BCUT2D eigenvalue weighted by Gasteiger charge is -2.42. The van der Waals surface area contributed by atoms with Crippen molar-refractivity contribution in [3.05, 3.63) is 65.2 Å². The number of allylic oxidation sites excluding steroid dienone is 2. The lowest BCUT2D eigenvalue weighted by molar-refractivity contribution is -0.141. The monoisotopic (exact) mass is 642 g/mol. The number of fused-ring (bicyclic) bond motifs is 1. The van der Waals surface area contributed by atoms with E-state index in [0.717, 1.165) is 17.7 Å². The molecule has 0 aromatic heterocycles. The van der Waals surface area contributed by atoms with E-state index in [1.807, 2.05) is 24.3 Å². The summed E-state index contributed by atoms with van der Waals surface area (Å²) in [7, 11) is -0.402. The second kappa shape index (κ2) is 14.3. The van der Waals surface area contributed by atoms with Crippen molar-refractivity contribution in [2.45, 2.75) is 44.4 Å². The number of aliphatic hydroxyl groups excluding tert-OH is 2. The zero-order chi connectivity index (χ0) is 32.1. The van der Waals surface area contributed by atoms with E-state index in [1.54, 1.807) is 25.3 Å². The van der Waals surface area contributed by atoms with Gasteiger partial charge in [-0.3, -0.25) is 4.79 Å². The lowest BCUT2D eigenvalue weighted by atomic mass is 9.76. The Labute approximate surface area is 264 Å². The van der Waals surface area contributed by atoms with Crippen LogP contribution in [-0.4, -0.2) is 96.9 Å². The third-order valence-electron chi connectivity index (χ3n) is 8.92. The minimum Gasteiger partial charge on any atom is -0.508 e. The van der Waals surface area contributed by atoms with Gasteiger partial charge in [0.25, 0.3) is 0 Å². The fourth-order valence-corrected chi connectivity index (χ4v) is 7.75. The number of hydrogen-bond acceptors (Lipinski definition) is 10. The van der Waals surface area contributed by atoms with E-state index in [0.29, 0.717) is 41.9 Å². The summed E-state index contributed by atoms with van der Waals surface area (Å²) in [4.78, 5) is 13.7. The average molecular weight is 643 g/mol. The summed E-state index contributed by atoms with van der Waals surface area (Å²) in [5.41, 5.74) is 2.51. The smallest absolute Gasteiger partial charge is 0.247 e. The number of nitrogens with one attached hydrogen (secondary N) is 1. The molecule has 2 aromatic carbocycles. The van der Waals surface area contributed by atoms with Gasteiger partial charge in [-0.05, 0) is 61.6 Å². The molecule has 45 heavy (non-hydrogen) atoms. The highest BCUT2D eigenvalue weighted by molar-refractivity contribution is 7.89. The molecule has 5 rings (SSSR count). The molecule has 13 heteroatoms. The van der Waals surface area contributed by atoms with Crippen LogP contribution in [0.1, 0.15) is 48.5 Å². The SMILES string of the molecule is COc1ccc(C2=NN(C3CCN(S(=O)(=O)CCNCC(O)c4ccc(O)c(CO)c4)CC3)C(=O)[C@@H]3CC=CC[C@H]23)cc1OC. The van der Waals surface area contributed by atoms with Crippen molar-refractivity contribution >= 4 is 21.6 Å². The molecule has 0 radical (unpaired) electrons. The number of carbonyl (C=O) groups excluding carboxylic acids is 1. The molecular weight excluding hydrogens is 600 g/mol. The number of nitrogens with zero attached hydrogens (tertiary/aromatic N) is 3. The first-order valence-corrected chi connectivity index (χ1v) is 16.9. The Hall–Kier alpha value is -3.49. The van der Waals surface area contributed by atoms with E-state index < -0.39 is 16.1 Å². The predicted octanol–water partition coefficient (Wildman–Crippen LogP) is 2.15. The zero-order valence-electron chi connectivity index (χ0n) is 25.6. The van der Waals surface area contributed by atoms with Crippen LogP contribution in [-0.2, 0) is 21.4 Å². The zero-order valence-corrected chi connectivity index (χ0v) is 26.4. The summed E-state index contributed by atoms with van der Waals surface area (Å²) < 4.78 is 38.7. The molecule has 0 saturated carbocycles. The van der Waals surface area contributed by atoms with Gasteiger partial charge in [-0.1, -0.05) is 18.2 Å². The number of aromatic hydroxyl groups is 1. The molecule has 2 aliphatic heterocycles. The maximum atomic E-state index is 13.7. The quantitative estimate of drug-likeness (QED) is 0.201. The molecule has 1 aliphatic carbocycles. The van der Waals surface area contributed by atoms with Crippen molar-refractivity contribution in [1.82, 2.24) is 14.6 Å². The highest BCUT2D eigenvalue weighted by Crippen LogP contribution is 2.38. The molecule has 1 unspecified atom stereocenters. The average Bonchev–Trinajstić information content (AvgIpc) is 3.07. The lowest BCUT2D eigenvalue weighted by Crippen LogP contribution is -2.53. The number of phenols is 1. The number of amides is 1. The molecular formula is C32H42N4O8S. The number of piperidine rings is 1. The molecule has 244 valence electrons. The Morgan fingerprint density at radius 1 is 1.02 bits per heavy atom. The highest BCUT2D eigenvalue weighted by atomic mass is 32.2. The van der Waals surface area contributed by atoms with Gasteiger partial charge in [0.05, 0.1) is 50.4 Å². The molecule has 1 amide bonds. The van der Waals surface area contributed by atoms with Crippen molar-refractivity contribution in [2.24, 2.45) is 16.9 Å². The number of aliphatic hydroxyl groups is 2. The van der Waals surface area contributed by atoms with Crippen LogP contribution in [0.15, 0.2) is 53.7 Å². The summed E-state index contributed by atoms with van der Waals surface area (Å²) >= 11 is 0. The largest absolute Gasteiger partial charge is 0.508 e. The molecule has 2 heterocycles. The van der Waals surface area contributed by atoms with Crippen molar-refractivity contribution < 1.29 is 38.0 Å². The van der Waals surface area contributed by atoms with Gasteiger partial charge in [-0.25, -0.2) is 17.7 Å². The van der Waals surface area contributed by atoms with Gasteiger partial charge in [0.1, 0.15) is 5.75 Å². The Bertz CT molecular complexity index is 1540. The summed E-state index contributed by atoms with van der Waals surface area (Å²) in [6.45, 7) is 0.467. The van der Waals surface area contributed by atoms with Crippen LogP contribution in [0.4, 0.5) is 0 Å². The number of benzene rings is 2. The topological polar surface area (TPSA) is 161 Å². The third-order valence-corrected chi connectivity index (χ3v) is 10.8. The van der Waals surface area contributed by atoms with Gasteiger partial charge in [0, 0.05) is 43.2 Å². The molecule has 1 fully saturated rings. The van der Waals surface area contributed by atoms with Crippen molar-refractivity contribution in [3.8, 4) is 17.2 Å². The molecule has 2 aromatic rings. The number of sulfonamides is 1. The maximum absolute atomic E-state index is 13.7. The molecule has 0 bridgehead atoms. The fraction of sp³-hybridized carbons (Fsp3) is 0.500. The van der Waals surface area contributed by atoms with E-state index in [1.165, 1.54) is 16.4 Å². The van der Waals surface area contributed by atoms with E-state index in [2.05, 4.69) is 11.4 Å². The minimum atomic E-state index is -3.57. The van der Waals surface area contributed by atoms with Crippen LogP contribution in [0.5, 0.6) is 17.2 Å². The number of rotatable bonds is 12. The first-order chi connectivity index (χ1) is 21.7. The first-order valence-electron chi connectivity index (χ1n) is 15.2. The van der Waals surface area contributed by atoms with Crippen LogP contribution in [0, 0.1) is 11.8 Å². The van der Waals surface area contributed by atoms with Gasteiger partial charge in [0.15, 0.2) is 11.5 Å². The Morgan fingerprint density at radius 2 is 1.73 bits per heavy atom. The van der Waals surface area contributed by atoms with Crippen molar-refractivity contribution in [1.29, 1.82) is 0 Å². The molecule has 0 spiro atoms. The minimum absolute atomic E-state index is 0.0163. The number of methoxy groups -OCH3 is 2. The summed E-state index contributed by atoms with van der Waals surface area (Å²) in [5.74, 6) is 0.716. The summed E-state index contributed by atoms with van der Waals surface area (Å²) in [6, 6.07) is 9.92. The number of carbonyl (C=O) groups is 1. The van der Waals surface area contributed by atoms with Crippen LogP contribution < -0.4 is 14.8 Å². The Balaban J connectivity index is 1.20. The summed E-state index contributed by atoms with van der Waals surface area (Å²) in [5, 5.41) is 39.0. The second-order valence-corrected chi connectivity index (χ2v) is 13.7. The Kier molecular flexibility index (Phi) is 10.4. The van der Waals surface area contributed by atoms with Gasteiger partial charge >= 0.3 is 0 Å². The molecule has 3 atom stereocenters. The number of ether oxygens (including phenoxy) is 2. The molecule has 1 saturated heterocycles. The van der Waals surface area contributed by atoms with E-state index in [9.17, 15) is 28.5 Å². The summed E-state index contributed by atoms with van der Waals surface area (Å²) in [6.07, 6.45) is 5.52. The highest BCUT2D eigenvalue weighted by Gasteiger charge is 2.43. The van der Waals surface area contributed by atoms with Gasteiger partial charge in [-0.2, -0.15) is 5.10 Å². The van der Waals surface area contributed by atoms with E-state index >= 15 is 0 Å². The maximum Gasteiger partial charge on any atom is 0.247 e. The van der Waals surface area contributed by atoms with Crippen LogP contribution in [0.2, 0.25) is 0 Å². The standard InChI is InChI=1S/C32H42N4O8S/c1-43-29-10-8-22(18-30(29)44-2)31-25-5-3-4-6-26(25)32(40)36(34-31)24-11-14-35(15-12-24)45(41,42)16-13-33-19-28(39)21-7-9-27(38)23(17-21)20-37/h3-4,7-10,17-18,24-26,28,33,37-39H,5-6,11-16,19-20H2,1-2H3/t25-,26+,28?/m0/s1. The number of hydrogen-bond donors (Lipinski definition) is 4. The Morgan fingerprint density at radius 3 is 2.42 bits per heavy atom. The van der Waals surface area contributed by atoms with Crippen LogP contribution in [0.25, 0.3) is 0 Å². The van der Waals surface area contributed by atoms with Gasteiger partial charge < -0.3 is 30.1 Å². The van der Waals surface area contributed by atoms with Crippen molar-refractivity contribution in [3.63, 3.8) is 0 Å². The van der Waals surface area contributed by atoms with Crippen LogP contribution in [0.3, 0.4) is 0 Å². The molecule has 3 aliphatic rings. The first kappa shape index (κ1) is 32.9. The fourth-order valence-electron chi connectivity index (χ4n) is 6.32. The van der Waals surface area contributed by atoms with Crippen molar-refractivity contribution in [2.75, 3.05) is 46.2 Å². The second-order valence-electron chi connectivity index (χ2n) is 11.6. The normalized spacial score (nSPS) is 21.7. The molecule has 12 nitrogen and oxygen atoms in total. The van der Waals surface area contributed by atoms with Crippen LogP contribution >= 0.6 is 0 Å². The molecule has 4 N–H and O–H groups in total. The third kappa shape index (κ3) is 7.17. The van der Waals surface area contributed by atoms with Gasteiger partial charge in [-0.15, -0.1) is 0 Å². The predicted molar refractivity (Wildman–Crippen MR) is 169 cm³/mol. The van der Waals surface area contributed by atoms with E-state index in [-0.39, 0.29) is 68.1 Å². The van der Waals surface area contributed by atoms with E-state index in [4.69, 9.17) is 14.6 Å². The number of hydrazone groups is 1. The van der Waals surface area contributed by atoms with Gasteiger partial charge in [0.2, 0.25) is 15.9 Å².